The van der Waals surface area contributed by atoms with Crippen molar-refractivity contribution >= 4 is 15.9 Å². The van der Waals surface area contributed by atoms with Crippen LogP contribution in [0.1, 0.15) is 12.8 Å². The summed E-state index contributed by atoms with van der Waals surface area (Å²) in [6.45, 7) is 2.75. The average Bonchev–Trinajstić information content (AvgIpc) is 2.62. The van der Waals surface area contributed by atoms with Gasteiger partial charge in [0.1, 0.15) is 0 Å². The van der Waals surface area contributed by atoms with Crippen LogP contribution < -0.4 is 0 Å². The van der Waals surface area contributed by atoms with Crippen molar-refractivity contribution in [2.24, 2.45) is 5.41 Å². The Labute approximate surface area is 75.4 Å². The van der Waals surface area contributed by atoms with Gasteiger partial charge in [-0.05, 0) is 12.8 Å². The molecule has 0 amide bonds. The first-order valence-corrected chi connectivity index (χ1v) is 5.22. The number of hydrogen-bond acceptors (Lipinski definition) is 2. The molecule has 0 unspecified atom stereocenters. The molecule has 0 aliphatic carbocycles. The second kappa shape index (κ2) is 3.04. The van der Waals surface area contributed by atoms with E-state index < -0.39 is 0 Å². The van der Waals surface area contributed by atoms with E-state index in [9.17, 15) is 0 Å². The van der Waals surface area contributed by atoms with Crippen LogP contribution in [0.2, 0.25) is 0 Å². The summed E-state index contributed by atoms with van der Waals surface area (Å²) < 4.78 is 11.0. The van der Waals surface area contributed by atoms with E-state index in [0.717, 1.165) is 25.2 Å². The molecule has 64 valence electrons. The lowest BCUT2D eigenvalue weighted by Crippen LogP contribution is -2.21. The van der Waals surface area contributed by atoms with Gasteiger partial charge in [0.2, 0.25) is 0 Å². The first-order chi connectivity index (χ1) is 5.35. The van der Waals surface area contributed by atoms with Crippen molar-refractivity contribution in [2.45, 2.75) is 18.9 Å². The molecule has 0 bridgehead atoms. The Morgan fingerprint density at radius 2 is 2.36 bits per heavy atom. The Morgan fingerprint density at radius 1 is 1.45 bits per heavy atom. The minimum atomic E-state index is 0.387. The zero-order valence-corrected chi connectivity index (χ0v) is 8.10. The number of halogens is 1. The van der Waals surface area contributed by atoms with Gasteiger partial charge in [-0.1, -0.05) is 15.9 Å². The first-order valence-electron chi connectivity index (χ1n) is 4.10. The lowest BCUT2D eigenvalue weighted by Gasteiger charge is -2.17. The molecular formula is C8H13BrO2. The summed E-state index contributed by atoms with van der Waals surface area (Å²) in [5.41, 5.74) is 0.387. The van der Waals surface area contributed by atoms with Crippen LogP contribution in [0, 0.1) is 5.41 Å². The highest BCUT2D eigenvalue weighted by atomic mass is 79.9. The molecule has 2 nitrogen and oxygen atoms in total. The zero-order chi connectivity index (χ0) is 7.73. The minimum Gasteiger partial charge on any atom is -0.381 e. The van der Waals surface area contributed by atoms with Crippen molar-refractivity contribution < 1.29 is 9.47 Å². The number of ether oxygens (including phenoxy) is 2. The monoisotopic (exact) mass is 220 g/mol. The summed E-state index contributed by atoms with van der Waals surface area (Å²) in [6, 6.07) is 0. The van der Waals surface area contributed by atoms with E-state index in [1.54, 1.807) is 0 Å². The van der Waals surface area contributed by atoms with Crippen LogP contribution in [0.5, 0.6) is 0 Å². The third kappa shape index (κ3) is 1.46. The van der Waals surface area contributed by atoms with Crippen LogP contribution in [-0.4, -0.2) is 31.3 Å². The van der Waals surface area contributed by atoms with Crippen LogP contribution in [0.25, 0.3) is 0 Å². The molecule has 2 saturated heterocycles. The SMILES string of the molecule is BrC[C@H]1C[C@]2(CCOC2)CO1. The quantitative estimate of drug-likeness (QED) is 0.626. The van der Waals surface area contributed by atoms with Gasteiger partial charge in [0.25, 0.3) is 0 Å². The molecule has 2 aliphatic heterocycles. The molecule has 0 aromatic carbocycles. The van der Waals surface area contributed by atoms with Gasteiger partial charge in [-0.25, -0.2) is 0 Å². The second-order valence-electron chi connectivity index (χ2n) is 3.59. The van der Waals surface area contributed by atoms with Gasteiger partial charge in [-0.2, -0.15) is 0 Å². The largest absolute Gasteiger partial charge is 0.381 e. The normalized spacial score (nSPS) is 43.9. The van der Waals surface area contributed by atoms with Gasteiger partial charge in [0, 0.05) is 17.4 Å². The van der Waals surface area contributed by atoms with Crippen molar-refractivity contribution in [1.29, 1.82) is 0 Å². The Morgan fingerprint density at radius 3 is 2.91 bits per heavy atom. The lowest BCUT2D eigenvalue weighted by molar-refractivity contribution is 0.0987. The van der Waals surface area contributed by atoms with Crippen LogP contribution >= 0.6 is 15.9 Å². The smallest absolute Gasteiger partial charge is 0.0679 e. The summed E-state index contributed by atoms with van der Waals surface area (Å²) in [4.78, 5) is 0. The molecule has 0 radical (unpaired) electrons. The molecule has 2 rings (SSSR count). The van der Waals surface area contributed by atoms with E-state index >= 15 is 0 Å². The standard InChI is InChI=1S/C8H13BrO2/c9-4-7-3-8(6-11-7)1-2-10-5-8/h7H,1-6H2/t7-,8+/m1/s1. The molecule has 0 N–H and O–H groups in total. The Hall–Kier alpha value is 0.400. The van der Waals surface area contributed by atoms with Crippen LogP contribution in [0.4, 0.5) is 0 Å². The highest BCUT2D eigenvalue weighted by Gasteiger charge is 2.42. The van der Waals surface area contributed by atoms with Crippen LogP contribution in [0.3, 0.4) is 0 Å². The molecule has 1 spiro atoms. The first kappa shape index (κ1) is 8.02. The molecule has 0 saturated carbocycles. The minimum absolute atomic E-state index is 0.387. The summed E-state index contributed by atoms with van der Waals surface area (Å²) in [6.07, 6.45) is 2.80. The van der Waals surface area contributed by atoms with Crippen LogP contribution in [-0.2, 0) is 9.47 Å². The Kier molecular flexibility index (Phi) is 2.21. The predicted molar refractivity (Wildman–Crippen MR) is 46.0 cm³/mol. The third-order valence-corrected chi connectivity index (χ3v) is 3.37. The molecule has 3 heteroatoms. The molecular weight excluding hydrogens is 208 g/mol. The van der Waals surface area contributed by atoms with Crippen molar-refractivity contribution in [1.82, 2.24) is 0 Å². The van der Waals surface area contributed by atoms with E-state index in [4.69, 9.17) is 9.47 Å². The van der Waals surface area contributed by atoms with Gasteiger partial charge in [0.05, 0.1) is 19.3 Å². The third-order valence-electron chi connectivity index (χ3n) is 2.64. The van der Waals surface area contributed by atoms with Gasteiger partial charge in [-0.15, -0.1) is 0 Å². The van der Waals surface area contributed by atoms with E-state index in [0.29, 0.717) is 11.5 Å². The highest BCUT2D eigenvalue weighted by molar-refractivity contribution is 9.09. The molecule has 0 aromatic rings. The molecule has 2 aliphatic rings. The number of alkyl halides is 1. The average molecular weight is 221 g/mol. The van der Waals surface area contributed by atoms with Crippen molar-refractivity contribution in [3.8, 4) is 0 Å². The van der Waals surface area contributed by atoms with E-state index in [1.165, 1.54) is 12.8 Å². The topological polar surface area (TPSA) is 18.5 Å². The van der Waals surface area contributed by atoms with E-state index in [1.807, 2.05) is 0 Å². The zero-order valence-electron chi connectivity index (χ0n) is 6.51. The number of rotatable bonds is 1. The fourth-order valence-corrected chi connectivity index (χ4v) is 2.33. The summed E-state index contributed by atoms with van der Waals surface area (Å²) in [7, 11) is 0. The molecule has 11 heavy (non-hydrogen) atoms. The maximum atomic E-state index is 5.61. The highest BCUT2D eigenvalue weighted by Crippen LogP contribution is 2.40. The molecule has 2 fully saturated rings. The summed E-state index contributed by atoms with van der Waals surface area (Å²) in [5, 5.41) is 0.967. The second-order valence-corrected chi connectivity index (χ2v) is 4.24. The molecule has 2 heterocycles. The van der Waals surface area contributed by atoms with Gasteiger partial charge >= 0.3 is 0 Å². The number of hydrogen-bond donors (Lipinski definition) is 0. The predicted octanol–water partition coefficient (Wildman–Crippen LogP) is 1.58. The fraction of sp³-hybridized carbons (Fsp3) is 1.00. The maximum Gasteiger partial charge on any atom is 0.0679 e. The van der Waals surface area contributed by atoms with Crippen LogP contribution in [0.15, 0.2) is 0 Å². The molecule has 0 aromatic heterocycles. The summed E-state index contributed by atoms with van der Waals surface area (Å²) >= 11 is 3.44. The maximum absolute atomic E-state index is 5.61. The van der Waals surface area contributed by atoms with Gasteiger partial charge in [-0.3, -0.25) is 0 Å². The fourth-order valence-electron chi connectivity index (χ4n) is 1.92. The van der Waals surface area contributed by atoms with Crippen molar-refractivity contribution in [2.75, 3.05) is 25.2 Å². The van der Waals surface area contributed by atoms with Crippen molar-refractivity contribution in [3.63, 3.8) is 0 Å². The summed E-state index contributed by atoms with van der Waals surface area (Å²) in [5.74, 6) is 0. The van der Waals surface area contributed by atoms with Crippen molar-refractivity contribution in [3.05, 3.63) is 0 Å². The Balaban J connectivity index is 1.96. The van der Waals surface area contributed by atoms with Gasteiger partial charge in [0.15, 0.2) is 0 Å². The lowest BCUT2D eigenvalue weighted by atomic mass is 9.85. The van der Waals surface area contributed by atoms with E-state index in [-0.39, 0.29) is 0 Å². The Bertz CT molecular complexity index is 143. The molecule has 2 atom stereocenters. The van der Waals surface area contributed by atoms with E-state index in [2.05, 4.69) is 15.9 Å². The van der Waals surface area contributed by atoms with Gasteiger partial charge < -0.3 is 9.47 Å².